The second-order valence-electron chi connectivity index (χ2n) is 4.16. The zero-order chi connectivity index (χ0) is 10.8. The van der Waals surface area contributed by atoms with Gasteiger partial charge in [-0.1, -0.05) is 22.9 Å². The first kappa shape index (κ1) is 11.3. The summed E-state index contributed by atoms with van der Waals surface area (Å²) in [5, 5.41) is 1.06. The van der Waals surface area contributed by atoms with Crippen LogP contribution in [0.1, 0.15) is 25.6 Å². The average Bonchev–Trinajstić information content (AvgIpc) is 2.63. The Bertz CT molecular complexity index is 322. The van der Waals surface area contributed by atoms with E-state index in [2.05, 4.69) is 44.2 Å². The van der Waals surface area contributed by atoms with Crippen molar-refractivity contribution in [2.45, 2.75) is 31.0 Å². The highest BCUT2D eigenvalue weighted by Crippen LogP contribution is 2.34. The summed E-state index contributed by atoms with van der Waals surface area (Å²) in [6.45, 7) is 3.20. The Balaban J connectivity index is 1.87. The van der Waals surface area contributed by atoms with Crippen molar-refractivity contribution in [3.8, 4) is 0 Å². The minimum absolute atomic E-state index is 0.747. The van der Waals surface area contributed by atoms with E-state index >= 15 is 0 Å². The van der Waals surface area contributed by atoms with Gasteiger partial charge in [0.1, 0.15) is 5.82 Å². The quantitative estimate of drug-likeness (QED) is 0.798. The summed E-state index contributed by atoms with van der Waals surface area (Å²) in [6.07, 6.45) is 3.52. The molecular formula is C10H16BrN3S. The largest absolute Gasteiger partial charge is 0.350 e. The lowest BCUT2D eigenvalue weighted by atomic mass is 9.85. The van der Waals surface area contributed by atoms with Crippen LogP contribution in [0.3, 0.4) is 0 Å². The van der Waals surface area contributed by atoms with Crippen molar-refractivity contribution in [2.75, 3.05) is 18.5 Å². The number of rotatable bonds is 4. The number of alkyl halides is 1. The monoisotopic (exact) mass is 289 g/mol. The summed E-state index contributed by atoms with van der Waals surface area (Å²) in [4.78, 5) is 7.46. The molecule has 0 aromatic carbocycles. The summed E-state index contributed by atoms with van der Waals surface area (Å²) in [5.41, 5.74) is 0. The molecule has 0 radical (unpaired) electrons. The van der Waals surface area contributed by atoms with Gasteiger partial charge >= 0.3 is 0 Å². The molecule has 5 heteroatoms. The predicted octanol–water partition coefficient (Wildman–Crippen LogP) is 2.71. The third-order valence-electron chi connectivity index (χ3n) is 2.81. The molecule has 0 saturated heterocycles. The first-order valence-corrected chi connectivity index (χ1v) is 7.05. The molecule has 15 heavy (non-hydrogen) atoms. The van der Waals surface area contributed by atoms with E-state index < -0.39 is 0 Å². The van der Waals surface area contributed by atoms with Crippen LogP contribution in [-0.2, 0) is 6.42 Å². The molecule has 1 saturated carbocycles. The fourth-order valence-electron chi connectivity index (χ4n) is 1.81. The standard InChI is InChI=1S/C10H16BrN3S/c1-3-9-12-10(15-13-9)14(2)6-7-4-8(11)5-7/h7-8H,3-6H2,1-2H3. The number of aromatic nitrogens is 2. The minimum Gasteiger partial charge on any atom is -0.350 e. The molecule has 2 rings (SSSR count). The Hall–Kier alpha value is -0.160. The SMILES string of the molecule is CCc1nsc(N(C)CC2CC(Br)C2)n1. The van der Waals surface area contributed by atoms with E-state index in [1.807, 2.05) is 0 Å². The molecule has 0 unspecified atom stereocenters. The first-order valence-electron chi connectivity index (χ1n) is 5.36. The lowest BCUT2D eigenvalue weighted by Crippen LogP contribution is -2.34. The molecule has 1 aliphatic rings. The fourth-order valence-corrected chi connectivity index (χ4v) is 3.59. The zero-order valence-corrected chi connectivity index (χ0v) is 11.5. The molecule has 1 aromatic heterocycles. The Labute approximate surface area is 103 Å². The highest BCUT2D eigenvalue weighted by molar-refractivity contribution is 9.09. The Morgan fingerprint density at radius 2 is 2.27 bits per heavy atom. The van der Waals surface area contributed by atoms with E-state index in [1.165, 1.54) is 24.4 Å². The summed E-state index contributed by atoms with van der Waals surface area (Å²) < 4.78 is 4.30. The lowest BCUT2D eigenvalue weighted by molar-refractivity contribution is 0.339. The third kappa shape index (κ3) is 2.69. The van der Waals surface area contributed by atoms with Gasteiger partial charge < -0.3 is 4.90 Å². The molecule has 0 atom stereocenters. The van der Waals surface area contributed by atoms with E-state index in [1.54, 1.807) is 0 Å². The highest BCUT2D eigenvalue weighted by Gasteiger charge is 2.28. The van der Waals surface area contributed by atoms with Crippen LogP contribution in [0.25, 0.3) is 0 Å². The molecule has 0 bridgehead atoms. The molecule has 1 aromatic rings. The van der Waals surface area contributed by atoms with Crippen molar-refractivity contribution in [3.63, 3.8) is 0 Å². The summed E-state index contributed by atoms with van der Waals surface area (Å²) in [7, 11) is 2.11. The third-order valence-corrected chi connectivity index (χ3v) is 4.43. The number of hydrogen-bond acceptors (Lipinski definition) is 4. The van der Waals surface area contributed by atoms with Gasteiger partial charge in [0.15, 0.2) is 0 Å². The van der Waals surface area contributed by atoms with Crippen LogP contribution in [0.15, 0.2) is 0 Å². The lowest BCUT2D eigenvalue weighted by Gasteiger charge is -2.34. The van der Waals surface area contributed by atoms with Gasteiger partial charge in [0, 0.05) is 36.4 Å². The molecule has 84 valence electrons. The summed E-state index contributed by atoms with van der Waals surface area (Å²) in [6, 6.07) is 0. The van der Waals surface area contributed by atoms with Crippen molar-refractivity contribution >= 4 is 32.6 Å². The van der Waals surface area contributed by atoms with Gasteiger partial charge in [-0.2, -0.15) is 4.37 Å². The second-order valence-corrected chi connectivity index (χ2v) is 6.19. The van der Waals surface area contributed by atoms with Crippen LogP contribution in [0.2, 0.25) is 0 Å². The van der Waals surface area contributed by atoms with Crippen LogP contribution >= 0.6 is 27.5 Å². The van der Waals surface area contributed by atoms with Crippen LogP contribution in [0.5, 0.6) is 0 Å². The van der Waals surface area contributed by atoms with E-state index in [4.69, 9.17) is 0 Å². The van der Waals surface area contributed by atoms with Gasteiger partial charge in [0.2, 0.25) is 5.13 Å². The van der Waals surface area contributed by atoms with Gasteiger partial charge in [-0.05, 0) is 18.8 Å². The Morgan fingerprint density at radius 1 is 1.53 bits per heavy atom. The molecule has 0 N–H and O–H groups in total. The van der Waals surface area contributed by atoms with E-state index in [0.717, 1.165) is 34.7 Å². The topological polar surface area (TPSA) is 29.0 Å². The second kappa shape index (κ2) is 4.78. The van der Waals surface area contributed by atoms with E-state index in [-0.39, 0.29) is 0 Å². The maximum atomic E-state index is 4.48. The summed E-state index contributed by atoms with van der Waals surface area (Å²) in [5.74, 6) is 1.79. The smallest absolute Gasteiger partial charge is 0.204 e. The fraction of sp³-hybridized carbons (Fsp3) is 0.800. The maximum absolute atomic E-state index is 4.48. The molecule has 3 nitrogen and oxygen atoms in total. The first-order chi connectivity index (χ1) is 7.19. The van der Waals surface area contributed by atoms with Crippen LogP contribution < -0.4 is 4.90 Å². The number of aryl methyl sites for hydroxylation is 1. The number of halogens is 1. The predicted molar refractivity (Wildman–Crippen MR) is 68.0 cm³/mol. The molecule has 1 heterocycles. The molecule has 0 spiro atoms. The molecule has 0 aliphatic heterocycles. The average molecular weight is 290 g/mol. The highest BCUT2D eigenvalue weighted by atomic mass is 79.9. The van der Waals surface area contributed by atoms with Crippen LogP contribution in [-0.4, -0.2) is 27.8 Å². The summed E-state index contributed by atoms with van der Waals surface area (Å²) >= 11 is 5.13. The Kier molecular flexibility index (Phi) is 3.61. The van der Waals surface area contributed by atoms with Crippen molar-refractivity contribution in [1.82, 2.24) is 9.36 Å². The van der Waals surface area contributed by atoms with Gasteiger partial charge in [0.25, 0.3) is 0 Å². The Morgan fingerprint density at radius 3 is 2.80 bits per heavy atom. The van der Waals surface area contributed by atoms with Crippen LogP contribution in [0.4, 0.5) is 5.13 Å². The minimum atomic E-state index is 0.747. The van der Waals surface area contributed by atoms with Gasteiger partial charge in [-0.3, -0.25) is 0 Å². The molecule has 0 amide bonds. The van der Waals surface area contributed by atoms with E-state index in [0.29, 0.717) is 0 Å². The zero-order valence-electron chi connectivity index (χ0n) is 9.11. The number of nitrogens with zero attached hydrogens (tertiary/aromatic N) is 3. The number of anilines is 1. The molecule has 1 aliphatic carbocycles. The normalized spacial score (nSPS) is 25.0. The van der Waals surface area contributed by atoms with Gasteiger partial charge in [-0.25, -0.2) is 4.98 Å². The van der Waals surface area contributed by atoms with Crippen molar-refractivity contribution in [1.29, 1.82) is 0 Å². The van der Waals surface area contributed by atoms with Crippen molar-refractivity contribution < 1.29 is 0 Å². The van der Waals surface area contributed by atoms with Gasteiger partial charge in [0.05, 0.1) is 0 Å². The number of hydrogen-bond donors (Lipinski definition) is 0. The maximum Gasteiger partial charge on any atom is 0.204 e. The van der Waals surface area contributed by atoms with Crippen molar-refractivity contribution in [2.24, 2.45) is 5.92 Å². The molecule has 1 fully saturated rings. The van der Waals surface area contributed by atoms with E-state index in [9.17, 15) is 0 Å². The molecular weight excluding hydrogens is 274 g/mol. The van der Waals surface area contributed by atoms with Crippen molar-refractivity contribution in [3.05, 3.63) is 5.82 Å². The van der Waals surface area contributed by atoms with Gasteiger partial charge in [-0.15, -0.1) is 0 Å². The van der Waals surface area contributed by atoms with Crippen LogP contribution in [0, 0.1) is 5.92 Å².